The smallest absolute Gasteiger partial charge is 0.226 e. The summed E-state index contributed by atoms with van der Waals surface area (Å²) in [5.74, 6) is 0.338. The Kier molecular flexibility index (Phi) is 5.94. The Balaban J connectivity index is 0.00000176. The number of carbonyl (C=O) groups is 1. The summed E-state index contributed by atoms with van der Waals surface area (Å²) in [5.41, 5.74) is 7.97. The number of aromatic nitrogens is 1. The van der Waals surface area contributed by atoms with Crippen molar-refractivity contribution in [3.05, 3.63) is 35.7 Å². The van der Waals surface area contributed by atoms with Gasteiger partial charge < -0.3 is 11.1 Å². The second-order valence-electron chi connectivity index (χ2n) is 5.51. The molecule has 1 aliphatic rings. The Bertz CT molecular complexity index is 617. The third-order valence-corrected chi connectivity index (χ3v) is 4.74. The lowest BCUT2D eigenvalue weighted by Gasteiger charge is -2.13. The third kappa shape index (κ3) is 4.06. The molecule has 22 heavy (non-hydrogen) atoms. The number of nitrogens with two attached hydrogens (primary N) is 1. The summed E-state index contributed by atoms with van der Waals surface area (Å²) in [6.07, 6.45) is 3.73. The monoisotopic (exact) mass is 337 g/mol. The van der Waals surface area contributed by atoms with Gasteiger partial charge in [-0.15, -0.1) is 23.7 Å². The van der Waals surface area contributed by atoms with Crippen LogP contribution in [0.25, 0.3) is 11.3 Å². The fourth-order valence-electron chi connectivity index (χ4n) is 2.80. The number of amides is 1. The number of thiazole rings is 1. The molecule has 1 saturated carbocycles. The molecule has 0 aliphatic heterocycles. The van der Waals surface area contributed by atoms with E-state index >= 15 is 0 Å². The summed E-state index contributed by atoms with van der Waals surface area (Å²) in [6.45, 7) is 0. The number of halogens is 1. The van der Waals surface area contributed by atoms with E-state index in [2.05, 4.69) is 10.3 Å². The molecule has 1 heterocycles. The van der Waals surface area contributed by atoms with Gasteiger partial charge in [-0.05, 0) is 18.8 Å². The highest BCUT2D eigenvalue weighted by Crippen LogP contribution is 2.28. The van der Waals surface area contributed by atoms with Gasteiger partial charge in [-0.2, -0.15) is 0 Å². The van der Waals surface area contributed by atoms with Gasteiger partial charge in [0.15, 0.2) is 5.13 Å². The van der Waals surface area contributed by atoms with Crippen LogP contribution in [0.1, 0.15) is 25.7 Å². The molecule has 1 amide bonds. The molecular formula is C16H20ClN3OS. The average Bonchev–Trinajstić information content (AvgIpc) is 3.10. The Labute approximate surface area is 140 Å². The van der Waals surface area contributed by atoms with Gasteiger partial charge >= 0.3 is 0 Å². The van der Waals surface area contributed by atoms with Crippen molar-refractivity contribution in [1.29, 1.82) is 0 Å². The van der Waals surface area contributed by atoms with Crippen molar-refractivity contribution in [2.45, 2.75) is 31.7 Å². The third-order valence-electron chi connectivity index (χ3n) is 3.99. The summed E-state index contributed by atoms with van der Waals surface area (Å²) < 4.78 is 0. The van der Waals surface area contributed by atoms with Crippen LogP contribution >= 0.6 is 23.7 Å². The molecular weight excluding hydrogens is 318 g/mol. The second-order valence-corrected chi connectivity index (χ2v) is 6.37. The minimum absolute atomic E-state index is 0. The van der Waals surface area contributed by atoms with Gasteiger partial charge in [0.05, 0.1) is 5.69 Å². The van der Waals surface area contributed by atoms with Gasteiger partial charge in [-0.3, -0.25) is 4.79 Å². The number of benzene rings is 1. The fourth-order valence-corrected chi connectivity index (χ4v) is 3.54. The quantitative estimate of drug-likeness (QED) is 0.894. The van der Waals surface area contributed by atoms with E-state index in [-0.39, 0.29) is 24.4 Å². The van der Waals surface area contributed by atoms with Crippen LogP contribution in [0.3, 0.4) is 0 Å². The number of rotatable bonds is 4. The van der Waals surface area contributed by atoms with Crippen LogP contribution in [0.2, 0.25) is 0 Å². The van der Waals surface area contributed by atoms with Gasteiger partial charge in [0, 0.05) is 23.4 Å². The SMILES string of the molecule is Cl.N[C@@H]1CCC[C@H]1CC(=O)Nc1nc(-c2ccccc2)cs1. The number of anilines is 1. The van der Waals surface area contributed by atoms with Crippen molar-refractivity contribution in [1.82, 2.24) is 4.98 Å². The Morgan fingerprint density at radius 1 is 1.32 bits per heavy atom. The average molecular weight is 338 g/mol. The van der Waals surface area contributed by atoms with E-state index in [9.17, 15) is 4.79 Å². The van der Waals surface area contributed by atoms with Crippen molar-refractivity contribution in [3.8, 4) is 11.3 Å². The first kappa shape index (κ1) is 16.9. The van der Waals surface area contributed by atoms with Crippen molar-refractivity contribution >= 4 is 34.8 Å². The molecule has 1 fully saturated rings. The number of nitrogens with zero attached hydrogens (tertiary/aromatic N) is 1. The number of hydrogen-bond donors (Lipinski definition) is 2. The van der Waals surface area contributed by atoms with Crippen LogP contribution < -0.4 is 11.1 Å². The molecule has 1 aromatic carbocycles. The molecule has 3 rings (SSSR count). The molecule has 0 saturated heterocycles. The molecule has 6 heteroatoms. The van der Waals surface area contributed by atoms with E-state index in [1.165, 1.54) is 11.3 Å². The molecule has 1 aromatic heterocycles. The predicted molar refractivity (Wildman–Crippen MR) is 93.4 cm³/mol. The summed E-state index contributed by atoms with van der Waals surface area (Å²) in [6, 6.07) is 10.1. The molecule has 118 valence electrons. The van der Waals surface area contributed by atoms with Crippen LogP contribution in [0.15, 0.2) is 35.7 Å². The van der Waals surface area contributed by atoms with E-state index in [4.69, 9.17) is 5.73 Å². The fraction of sp³-hybridized carbons (Fsp3) is 0.375. The first-order valence-corrected chi connectivity index (χ1v) is 8.17. The summed E-state index contributed by atoms with van der Waals surface area (Å²) in [5, 5.41) is 5.51. The van der Waals surface area contributed by atoms with E-state index < -0.39 is 0 Å². The van der Waals surface area contributed by atoms with Gasteiger partial charge in [-0.25, -0.2) is 4.98 Å². The lowest BCUT2D eigenvalue weighted by Crippen LogP contribution is -2.28. The molecule has 4 nitrogen and oxygen atoms in total. The first-order chi connectivity index (χ1) is 10.2. The zero-order valence-corrected chi connectivity index (χ0v) is 13.8. The van der Waals surface area contributed by atoms with Gasteiger partial charge in [0.25, 0.3) is 0 Å². The maximum Gasteiger partial charge on any atom is 0.226 e. The Morgan fingerprint density at radius 3 is 2.77 bits per heavy atom. The first-order valence-electron chi connectivity index (χ1n) is 7.29. The molecule has 1 aliphatic carbocycles. The molecule has 2 aromatic rings. The van der Waals surface area contributed by atoms with Crippen LogP contribution in [-0.4, -0.2) is 16.9 Å². The molecule has 3 N–H and O–H groups in total. The highest BCUT2D eigenvalue weighted by molar-refractivity contribution is 7.14. The van der Waals surface area contributed by atoms with Crippen molar-refractivity contribution in [3.63, 3.8) is 0 Å². The van der Waals surface area contributed by atoms with Crippen molar-refractivity contribution < 1.29 is 4.79 Å². The Hall–Kier alpha value is -1.43. The van der Waals surface area contributed by atoms with Crippen LogP contribution in [0, 0.1) is 5.92 Å². The van der Waals surface area contributed by atoms with Crippen LogP contribution in [-0.2, 0) is 4.79 Å². The van der Waals surface area contributed by atoms with E-state index in [1.807, 2.05) is 35.7 Å². The standard InChI is InChI=1S/C16H19N3OS.ClH/c17-13-8-4-7-12(13)9-15(20)19-16-18-14(10-21-16)11-5-2-1-3-6-11;/h1-3,5-6,10,12-13H,4,7-9,17H2,(H,18,19,20);1H/t12-,13+;/m0./s1. The highest BCUT2D eigenvalue weighted by atomic mass is 35.5. The van der Waals surface area contributed by atoms with E-state index in [1.54, 1.807) is 0 Å². The zero-order valence-electron chi connectivity index (χ0n) is 12.2. The molecule has 0 spiro atoms. The Morgan fingerprint density at radius 2 is 2.09 bits per heavy atom. The highest BCUT2D eigenvalue weighted by Gasteiger charge is 2.26. The summed E-state index contributed by atoms with van der Waals surface area (Å²) in [7, 11) is 0. The van der Waals surface area contributed by atoms with E-state index in [0.717, 1.165) is 30.5 Å². The lowest BCUT2D eigenvalue weighted by atomic mass is 10.00. The number of nitrogens with one attached hydrogen (secondary N) is 1. The van der Waals surface area contributed by atoms with Crippen LogP contribution in [0.4, 0.5) is 5.13 Å². The predicted octanol–water partition coefficient (Wildman–Crippen LogP) is 3.69. The molecule has 0 radical (unpaired) electrons. The topological polar surface area (TPSA) is 68.0 Å². The van der Waals surface area contributed by atoms with Crippen molar-refractivity contribution in [2.75, 3.05) is 5.32 Å². The normalized spacial score (nSPS) is 20.4. The maximum atomic E-state index is 12.1. The van der Waals surface area contributed by atoms with Crippen molar-refractivity contribution in [2.24, 2.45) is 11.7 Å². The molecule has 0 bridgehead atoms. The molecule has 2 atom stereocenters. The molecule has 0 unspecified atom stereocenters. The van der Waals surface area contributed by atoms with Crippen LogP contribution in [0.5, 0.6) is 0 Å². The second kappa shape index (κ2) is 7.72. The van der Waals surface area contributed by atoms with Gasteiger partial charge in [0.2, 0.25) is 5.91 Å². The van der Waals surface area contributed by atoms with Gasteiger partial charge in [0.1, 0.15) is 0 Å². The van der Waals surface area contributed by atoms with E-state index in [0.29, 0.717) is 17.5 Å². The van der Waals surface area contributed by atoms with Gasteiger partial charge in [-0.1, -0.05) is 36.8 Å². The largest absolute Gasteiger partial charge is 0.327 e. The minimum atomic E-state index is 0. The summed E-state index contributed by atoms with van der Waals surface area (Å²) >= 11 is 1.46. The number of carbonyl (C=O) groups excluding carboxylic acids is 1. The lowest BCUT2D eigenvalue weighted by molar-refractivity contribution is -0.117. The zero-order chi connectivity index (χ0) is 14.7. The minimum Gasteiger partial charge on any atom is -0.327 e. The summed E-state index contributed by atoms with van der Waals surface area (Å²) in [4.78, 5) is 16.5. The maximum absolute atomic E-state index is 12.1. The number of hydrogen-bond acceptors (Lipinski definition) is 4.